The largest absolute Gasteiger partial charge is 0.362 e. The van der Waals surface area contributed by atoms with Crippen LogP contribution in [0.4, 0.5) is 4.39 Å². The fraction of sp³-hybridized carbons (Fsp3) is 0.550. The number of nitrogens with one attached hydrogen (secondary N) is 1. The van der Waals surface area contributed by atoms with Crippen LogP contribution in [0.15, 0.2) is 23.2 Å². The summed E-state index contributed by atoms with van der Waals surface area (Å²) >= 11 is 5.99. The van der Waals surface area contributed by atoms with Crippen molar-refractivity contribution in [1.82, 2.24) is 9.97 Å². The van der Waals surface area contributed by atoms with E-state index in [0.717, 1.165) is 31.9 Å². The minimum atomic E-state index is -3.48. The van der Waals surface area contributed by atoms with E-state index in [0.29, 0.717) is 17.1 Å². The topological polar surface area (TPSA) is 72.0 Å². The van der Waals surface area contributed by atoms with Gasteiger partial charge in [-0.05, 0) is 49.3 Å². The van der Waals surface area contributed by atoms with E-state index in [1.54, 1.807) is 13.0 Å². The second-order valence-corrected chi connectivity index (χ2v) is 10.7. The third-order valence-electron chi connectivity index (χ3n) is 5.19. The molecule has 0 radical (unpaired) electrons. The Morgan fingerprint density at radius 3 is 2.68 bits per heavy atom. The lowest BCUT2D eigenvalue weighted by Gasteiger charge is -2.36. The van der Waals surface area contributed by atoms with Gasteiger partial charge in [0.2, 0.25) is 0 Å². The summed E-state index contributed by atoms with van der Waals surface area (Å²) in [5.74, 6) is -0.139. The molecule has 28 heavy (non-hydrogen) atoms. The van der Waals surface area contributed by atoms with Crippen LogP contribution in [0, 0.1) is 18.2 Å². The van der Waals surface area contributed by atoms with Crippen molar-refractivity contribution in [3.63, 3.8) is 0 Å². The second-order valence-electron chi connectivity index (χ2n) is 8.40. The summed E-state index contributed by atoms with van der Waals surface area (Å²) in [5.41, 5.74) is 1.25. The zero-order chi connectivity index (χ0) is 20.7. The number of aromatic nitrogens is 2. The molecular formula is C20H26ClFN2O3S. The minimum absolute atomic E-state index is 0.00622. The molecule has 2 atom stereocenters. The van der Waals surface area contributed by atoms with E-state index in [4.69, 9.17) is 16.3 Å². The van der Waals surface area contributed by atoms with Crippen molar-refractivity contribution in [3.8, 4) is 0 Å². The van der Waals surface area contributed by atoms with Crippen molar-refractivity contribution in [1.29, 1.82) is 0 Å². The lowest BCUT2D eigenvalue weighted by molar-refractivity contribution is -0.0417. The van der Waals surface area contributed by atoms with Crippen molar-refractivity contribution >= 4 is 21.4 Å². The highest BCUT2D eigenvalue weighted by Crippen LogP contribution is 2.39. The third-order valence-corrected chi connectivity index (χ3v) is 6.58. The van der Waals surface area contributed by atoms with Gasteiger partial charge in [-0.25, -0.2) is 17.8 Å². The van der Waals surface area contributed by atoms with Crippen LogP contribution in [0.3, 0.4) is 0 Å². The summed E-state index contributed by atoms with van der Waals surface area (Å²) in [6.45, 7) is 6.08. The summed E-state index contributed by atoms with van der Waals surface area (Å²) in [4.78, 5) is 7.35. The zero-order valence-corrected chi connectivity index (χ0v) is 18.1. The second kappa shape index (κ2) is 7.76. The minimum Gasteiger partial charge on any atom is -0.362 e. The fourth-order valence-corrected chi connectivity index (χ4v) is 4.93. The van der Waals surface area contributed by atoms with Crippen molar-refractivity contribution < 1.29 is 17.5 Å². The maximum absolute atomic E-state index is 13.7. The van der Waals surface area contributed by atoms with E-state index in [-0.39, 0.29) is 21.6 Å². The van der Waals surface area contributed by atoms with E-state index >= 15 is 0 Å². The van der Waals surface area contributed by atoms with Crippen molar-refractivity contribution in [2.75, 3.05) is 6.26 Å². The SMILES string of the molecule is Cc1[nH]c(C(OC2CCCC(C)(C)C2)c2ccc(F)c(Cl)c2)nc1S(C)(=O)=O. The van der Waals surface area contributed by atoms with Gasteiger partial charge >= 0.3 is 0 Å². The van der Waals surface area contributed by atoms with Gasteiger partial charge in [-0.1, -0.05) is 37.9 Å². The van der Waals surface area contributed by atoms with Crippen LogP contribution in [0.2, 0.25) is 5.02 Å². The highest BCUT2D eigenvalue weighted by Gasteiger charge is 2.32. The molecule has 8 heteroatoms. The molecular weight excluding hydrogens is 403 g/mol. The quantitative estimate of drug-likeness (QED) is 0.728. The molecule has 1 aliphatic carbocycles. The molecule has 5 nitrogen and oxygen atoms in total. The molecule has 1 heterocycles. The Kier molecular flexibility index (Phi) is 5.90. The van der Waals surface area contributed by atoms with E-state index in [1.807, 2.05) is 0 Å². The average molecular weight is 429 g/mol. The molecule has 1 aromatic carbocycles. The van der Waals surface area contributed by atoms with Gasteiger partial charge in [-0.15, -0.1) is 0 Å². The number of sulfone groups is 1. The molecule has 1 fully saturated rings. The van der Waals surface area contributed by atoms with Crippen molar-refractivity contribution in [3.05, 3.63) is 46.1 Å². The maximum atomic E-state index is 13.7. The number of aryl methyl sites for hydroxylation is 1. The van der Waals surface area contributed by atoms with Gasteiger partial charge in [0.25, 0.3) is 0 Å². The predicted molar refractivity (Wildman–Crippen MR) is 107 cm³/mol. The van der Waals surface area contributed by atoms with Crippen LogP contribution in [-0.4, -0.2) is 30.7 Å². The molecule has 0 bridgehead atoms. The molecule has 0 spiro atoms. The summed E-state index contributed by atoms with van der Waals surface area (Å²) in [5, 5.41) is -0.0185. The maximum Gasteiger partial charge on any atom is 0.194 e. The Morgan fingerprint density at radius 2 is 2.11 bits per heavy atom. The average Bonchev–Trinajstić information content (AvgIpc) is 2.96. The van der Waals surface area contributed by atoms with Crippen molar-refractivity contribution in [2.45, 2.75) is 63.7 Å². The smallest absolute Gasteiger partial charge is 0.194 e. The lowest BCUT2D eigenvalue weighted by atomic mass is 9.76. The molecule has 1 aromatic heterocycles. The molecule has 1 aliphatic rings. The standard InChI is InChI=1S/C20H26ClFN2O3S/c1-12-19(28(4,25)26)24-18(23-12)17(13-7-8-16(22)15(21)10-13)27-14-6-5-9-20(2,3)11-14/h7-8,10,14,17H,5-6,9,11H2,1-4H3,(H,23,24). The van der Waals surface area contributed by atoms with Gasteiger partial charge < -0.3 is 9.72 Å². The number of halogens is 2. The number of benzene rings is 1. The highest BCUT2D eigenvalue weighted by atomic mass is 35.5. The molecule has 0 aliphatic heterocycles. The first-order valence-electron chi connectivity index (χ1n) is 9.33. The van der Waals surface area contributed by atoms with Gasteiger partial charge in [0.1, 0.15) is 17.7 Å². The zero-order valence-electron chi connectivity index (χ0n) is 16.6. The lowest BCUT2D eigenvalue weighted by Crippen LogP contribution is -2.30. The summed E-state index contributed by atoms with van der Waals surface area (Å²) in [7, 11) is -3.48. The Balaban J connectivity index is 2.01. The van der Waals surface area contributed by atoms with Crippen LogP contribution in [0.25, 0.3) is 0 Å². The van der Waals surface area contributed by atoms with Crippen molar-refractivity contribution in [2.24, 2.45) is 5.41 Å². The van der Waals surface area contributed by atoms with E-state index < -0.39 is 21.8 Å². The number of imidazole rings is 1. The number of nitrogens with zero attached hydrogens (tertiary/aromatic N) is 1. The highest BCUT2D eigenvalue weighted by molar-refractivity contribution is 7.90. The summed E-state index contributed by atoms with van der Waals surface area (Å²) < 4.78 is 44.1. The van der Waals surface area contributed by atoms with Crippen LogP contribution in [0.5, 0.6) is 0 Å². The number of H-pyrrole nitrogens is 1. The number of aromatic amines is 1. The Bertz CT molecular complexity index is 972. The number of ether oxygens (including phenoxy) is 1. The Labute approximate surface area is 170 Å². The molecule has 0 saturated heterocycles. The Hall–Kier alpha value is -1.44. The number of hydrogen-bond acceptors (Lipinski definition) is 4. The molecule has 3 rings (SSSR count). The summed E-state index contributed by atoms with van der Waals surface area (Å²) in [6.07, 6.45) is 4.44. The monoisotopic (exact) mass is 428 g/mol. The van der Waals surface area contributed by atoms with Crippen LogP contribution in [-0.2, 0) is 14.6 Å². The Morgan fingerprint density at radius 1 is 1.39 bits per heavy atom. The molecule has 2 unspecified atom stereocenters. The molecule has 1 N–H and O–H groups in total. The van der Waals surface area contributed by atoms with Gasteiger partial charge in [-0.3, -0.25) is 0 Å². The van der Waals surface area contributed by atoms with E-state index in [1.165, 1.54) is 12.1 Å². The molecule has 154 valence electrons. The normalized spacial score (nSPS) is 20.9. The molecule has 1 saturated carbocycles. The fourth-order valence-electron chi connectivity index (χ4n) is 3.87. The van der Waals surface area contributed by atoms with Gasteiger partial charge in [0.05, 0.1) is 16.8 Å². The van der Waals surface area contributed by atoms with Gasteiger partial charge in [-0.2, -0.15) is 0 Å². The first-order chi connectivity index (χ1) is 13.0. The number of rotatable bonds is 5. The third kappa shape index (κ3) is 4.75. The van der Waals surface area contributed by atoms with Crippen LogP contribution in [0.1, 0.15) is 62.7 Å². The molecule has 0 amide bonds. The molecule has 2 aromatic rings. The van der Waals surface area contributed by atoms with Crippen LogP contribution < -0.4 is 0 Å². The van der Waals surface area contributed by atoms with Gasteiger partial charge in [0, 0.05) is 6.26 Å². The number of hydrogen-bond donors (Lipinski definition) is 1. The van der Waals surface area contributed by atoms with Crippen LogP contribution >= 0.6 is 11.6 Å². The van der Waals surface area contributed by atoms with Gasteiger partial charge in [0.15, 0.2) is 14.9 Å². The van der Waals surface area contributed by atoms with E-state index in [9.17, 15) is 12.8 Å². The van der Waals surface area contributed by atoms with E-state index in [2.05, 4.69) is 23.8 Å². The predicted octanol–water partition coefficient (Wildman–Crippen LogP) is 4.99. The first kappa shape index (κ1) is 21.3. The summed E-state index contributed by atoms with van der Waals surface area (Å²) in [6, 6.07) is 4.39. The first-order valence-corrected chi connectivity index (χ1v) is 11.6.